The molecule has 0 aliphatic carbocycles. The maximum absolute atomic E-state index is 13.4. The van der Waals surface area contributed by atoms with Crippen molar-refractivity contribution in [2.75, 3.05) is 31.1 Å². The van der Waals surface area contributed by atoms with Crippen LogP contribution in [0.4, 0.5) is 5.13 Å². The van der Waals surface area contributed by atoms with Crippen LogP contribution in [0.1, 0.15) is 35.3 Å². The molecule has 0 spiro atoms. The number of hydrogen-bond acceptors (Lipinski definition) is 4. The smallest absolute Gasteiger partial charge is 0.260 e. The lowest BCUT2D eigenvalue weighted by molar-refractivity contribution is 0.0983. The first-order valence-electron chi connectivity index (χ1n) is 9.60. The molecule has 0 atom stereocenters. The van der Waals surface area contributed by atoms with Gasteiger partial charge in [0.2, 0.25) is 0 Å². The van der Waals surface area contributed by atoms with Crippen LogP contribution in [0.3, 0.4) is 0 Å². The number of anilines is 1. The van der Waals surface area contributed by atoms with Crippen molar-refractivity contribution in [3.8, 4) is 0 Å². The lowest BCUT2D eigenvalue weighted by Gasteiger charge is -2.24. The standard InChI is InChI=1S/C22H26BrN3OS/c1-5-25(6-2)10-11-26(21(27)17-8-7-9-18(23)14-17)22-24-20-16(4)12-15(3)13-19(20)28-22/h7-9,12-14H,5-6,10-11H2,1-4H3. The van der Waals surface area contributed by atoms with Gasteiger partial charge in [-0.15, -0.1) is 0 Å². The highest BCUT2D eigenvalue weighted by Gasteiger charge is 2.22. The number of nitrogens with zero attached hydrogens (tertiary/aromatic N) is 3. The Bertz CT molecular complexity index is 981. The van der Waals surface area contributed by atoms with Gasteiger partial charge < -0.3 is 4.90 Å². The molecule has 2 aromatic carbocycles. The molecule has 4 nitrogen and oxygen atoms in total. The Morgan fingerprint density at radius 1 is 1.11 bits per heavy atom. The first kappa shape index (κ1) is 21.0. The topological polar surface area (TPSA) is 36.4 Å². The minimum Gasteiger partial charge on any atom is -0.302 e. The summed E-state index contributed by atoms with van der Waals surface area (Å²) < 4.78 is 2.03. The molecule has 3 rings (SSSR count). The number of aromatic nitrogens is 1. The zero-order valence-electron chi connectivity index (χ0n) is 16.8. The number of hydrogen-bond donors (Lipinski definition) is 0. The Kier molecular flexibility index (Phi) is 6.86. The fourth-order valence-electron chi connectivity index (χ4n) is 3.32. The van der Waals surface area contributed by atoms with Gasteiger partial charge in [-0.25, -0.2) is 4.98 Å². The first-order chi connectivity index (χ1) is 13.4. The zero-order chi connectivity index (χ0) is 20.3. The molecular formula is C22H26BrN3OS. The van der Waals surface area contributed by atoms with Gasteiger partial charge in [0.15, 0.2) is 5.13 Å². The van der Waals surface area contributed by atoms with Gasteiger partial charge >= 0.3 is 0 Å². The molecule has 0 aliphatic rings. The lowest BCUT2D eigenvalue weighted by Crippen LogP contribution is -2.38. The van der Waals surface area contributed by atoms with Crippen molar-refractivity contribution in [1.82, 2.24) is 9.88 Å². The molecule has 1 amide bonds. The third kappa shape index (κ3) is 4.62. The fraction of sp³-hybridized carbons (Fsp3) is 0.364. The average Bonchev–Trinajstić information content (AvgIpc) is 3.09. The highest BCUT2D eigenvalue weighted by atomic mass is 79.9. The van der Waals surface area contributed by atoms with Crippen LogP contribution in [0.25, 0.3) is 10.2 Å². The Hall–Kier alpha value is -1.76. The number of amides is 1. The lowest BCUT2D eigenvalue weighted by atomic mass is 10.1. The summed E-state index contributed by atoms with van der Waals surface area (Å²) >= 11 is 5.07. The molecule has 28 heavy (non-hydrogen) atoms. The Morgan fingerprint density at radius 3 is 2.54 bits per heavy atom. The van der Waals surface area contributed by atoms with Crippen LogP contribution in [0.5, 0.6) is 0 Å². The van der Waals surface area contributed by atoms with Crippen molar-refractivity contribution in [2.45, 2.75) is 27.7 Å². The van der Waals surface area contributed by atoms with Crippen molar-refractivity contribution < 1.29 is 4.79 Å². The molecule has 0 radical (unpaired) electrons. The molecule has 1 heterocycles. The van der Waals surface area contributed by atoms with Gasteiger partial charge in [-0.2, -0.15) is 0 Å². The van der Waals surface area contributed by atoms with E-state index >= 15 is 0 Å². The van der Waals surface area contributed by atoms with Crippen molar-refractivity contribution in [3.05, 3.63) is 57.6 Å². The maximum atomic E-state index is 13.4. The van der Waals surface area contributed by atoms with Gasteiger partial charge in [0, 0.05) is 23.1 Å². The van der Waals surface area contributed by atoms with Gasteiger partial charge in [-0.3, -0.25) is 9.69 Å². The van der Waals surface area contributed by atoms with E-state index in [4.69, 9.17) is 4.98 Å². The molecule has 0 aliphatic heterocycles. The number of aryl methyl sites for hydroxylation is 2. The SMILES string of the molecule is CCN(CC)CCN(C(=O)c1cccc(Br)c1)c1nc2c(C)cc(C)cc2s1. The molecule has 0 bridgehead atoms. The Morgan fingerprint density at radius 2 is 1.86 bits per heavy atom. The van der Waals surface area contributed by atoms with Crippen LogP contribution in [0.15, 0.2) is 40.9 Å². The van der Waals surface area contributed by atoms with E-state index in [1.165, 1.54) is 5.56 Å². The van der Waals surface area contributed by atoms with Crippen LogP contribution in [-0.4, -0.2) is 42.0 Å². The van der Waals surface area contributed by atoms with Crippen LogP contribution in [0, 0.1) is 13.8 Å². The molecule has 1 aromatic heterocycles. The summed E-state index contributed by atoms with van der Waals surface area (Å²) in [5, 5.41) is 0.765. The number of rotatable bonds is 7. The molecule has 3 aromatic rings. The van der Waals surface area contributed by atoms with Crippen LogP contribution in [0.2, 0.25) is 0 Å². The third-order valence-corrected chi connectivity index (χ3v) is 6.42. The predicted molar refractivity (Wildman–Crippen MR) is 123 cm³/mol. The first-order valence-corrected chi connectivity index (χ1v) is 11.2. The highest BCUT2D eigenvalue weighted by molar-refractivity contribution is 9.10. The molecule has 6 heteroatoms. The Labute approximate surface area is 179 Å². The minimum absolute atomic E-state index is 0.0121. The van der Waals surface area contributed by atoms with E-state index in [0.29, 0.717) is 12.1 Å². The number of benzene rings is 2. The van der Waals surface area contributed by atoms with E-state index in [0.717, 1.165) is 45.0 Å². The van der Waals surface area contributed by atoms with Crippen molar-refractivity contribution in [1.29, 1.82) is 0 Å². The summed E-state index contributed by atoms with van der Waals surface area (Å²) in [6.07, 6.45) is 0. The van der Waals surface area contributed by atoms with Gasteiger partial charge in [0.25, 0.3) is 5.91 Å². The summed E-state index contributed by atoms with van der Waals surface area (Å²) in [6, 6.07) is 11.8. The Balaban J connectivity index is 2.00. The van der Waals surface area contributed by atoms with Crippen LogP contribution < -0.4 is 4.90 Å². The number of likely N-dealkylation sites (N-methyl/N-ethyl adjacent to an activating group) is 1. The molecule has 148 valence electrons. The monoisotopic (exact) mass is 459 g/mol. The number of thiazole rings is 1. The maximum Gasteiger partial charge on any atom is 0.260 e. The van der Waals surface area contributed by atoms with Gasteiger partial charge in [-0.05, 0) is 62.3 Å². The number of halogens is 1. The minimum atomic E-state index is -0.0121. The second kappa shape index (κ2) is 9.16. The van der Waals surface area contributed by atoms with E-state index in [-0.39, 0.29) is 5.91 Å². The van der Waals surface area contributed by atoms with E-state index in [2.05, 4.69) is 60.7 Å². The summed E-state index contributed by atoms with van der Waals surface area (Å²) in [5.41, 5.74) is 4.02. The second-order valence-electron chi connectivity index (χ2n) is 6.92. The molecule has 0 saturated carbocycles. The van der Waals surface area contributed by atoms with E-state index in [9.17, 15) is 4.79 Å². The molecular weight excluding hydrogens is 434 g/mol. The average molecular weight is 460 g/mol. The molecule has 0 saturated heterocycles. The van der Waals surface area contributed by atoms with E-state index < -0.39 is 0 Å². The highest BCUT2D eigenvalue weighted by Crippen LogP contribution is 2.32. The summed E-state index contributed by atoms with van der Waals surface area (Å²) in [4.78, 5) is 22.4. The largest absolute Gasteiger partial charge is 0.302 e. The fourth-order valence-corrected chi connectivity index (χ4v) is 4.88. The van der Waals surface area contributed by atoms with E-state index in [1.807, 2.05) is 29.2 Å². The molecule has 0 N–H and O–H groups in total. The van der Waals surface area contributed by atoms with Crippen molar-refractivity contribution in [3.63, 3.8) is 0 Å². The second-order valence-corrected chi connectivity index (χ2v) is 8.84. The summed E-state index contributed by atoms with van der Waals surface area (Å²) in [6.45, 7) is 11.8. The number of carbonyl (C=O) groups is 1. The van der Waals surface area contributed by atoms with Gasteiger partial charge in [0.1, 0.15) is 0 Å². The number of fused-ring (bicyclic) bond motifs is 1. The predicted octanol–water partition coefficient (Wildman–Crippen LogP) is 5.66. The normalized spacial score (nSPS) is 11.4. The summed E-state index contributed by atoms with van der Waals surface area (Å²) in [7, 11) is 0. The quantitative estimate of drug-likeness (QED) is 0.456. The number of carbonyl (C=O) groups excluding carboxylic acids is 1. The van der Waals surface area contributed by atoms with Crippen LogP contribution in [-0.2, 0) is 0 Å². The van der Waals surface area contributed by atoms with Crippen molar-refractivity contribution >= 4 is 48.5 Å². The molecule has 0 fully saturated rings. The zero-order valence-corrected chi connectivity index (χ0v) is 19.2. The molecule has 0 unspecified atom stereocenters. The van der Waals surface area contributed by atoms with Gasteiger partial charge in [-0.1, -0.05) is 53.2 Å². The van der Waals surface area contributed by atoms with E-state index in [1.54, 1.807) is 11.3 Å². The summed E-state index contributed by atoms with van der Waals surface area (Å²) in [5.74, 6) is -0.0121. The third-order valence-electron chi connectivity index (χ3n) is 4.90. The van der Waals surface area contributed by atoms with Crippen LogP contribution >= 0.6 is 27.3 Å². The van der Waals surface area contributed by atoms with Crippen molar-refractivity contribution in [2.24, 2.45) is 0 Å². The van der Waals surface area contributed by atoms with Gasteiger partial charge in [0.05, 0.1) is 10.2 Å².